The van der Waals surface area contributed by atoms with Crippen LogP contribution < -0.4 is 4.74 Å². The van der Waals surface area contributed by atoms with Gasteiger partial charge >= 0.3 is 5.97 Å². The Hall–Kier alpha value is -1.84. The number of unbranched alkanes of at least 4 members (excludes halogenated alkanes) is 7. The lowest BCUT2D eigenvalue weighted by Crippen LogP contribution is -1.99. The van der Waals surface area contributed by atoms with Crippen LogP contribution in [0.15, 0.2) is 24.3 Å². The van der Waals surface area contributed by atoms with Crippen molar-refractivity contribution in [2.24, 2.45) is 0 Å². The second-order valence-corrected chi connectivity index (χ2v) is 5.11. The van der Waals surface area contributed by atoms with Gasteiger partial charge in [-0.3, -0.25) is 0 Å². The zero-order valence-corrected chi connectivity index (χ0v) is 12.4. The van der Waals surface area contributed by atoms with Crippen molar-refractivity contribution in [3.63, 3.8) is 0 Å². The van der Waals surface area contributed by atoms with E-state index in [9.17, 15) is 9.59 Å². The van der Waals surface area contributed by atoms with Gasteiger partial charge in [-0.1, -0.05) is 32.1 Å². The number of ether oxygens (including phenoxy) is 1. The fraction of sp³-hybridized carbons (Fsp3) is 0.529. The maximum absolute atomic E-state index is 10.7. The van der Waals surface area contributed by atoms with E-state index in [-0.39, 0.29) is 5.56 Å². The summed E-state index contributed by atoms with van der Waals surface area (Å²) in [5, 5.41) is 8.78. The van der Waals surface area contributed by atoms with Gasteiger partial charge in [0, 0.05) is 6.42 Å². The number of benzene rings is 1. The summed E-state index contributed by atoms with van der Waals surface area (Å²) in [6.07, 6.45) is 9.59. The number of hydrogen-bond acceptors (Lipinski definition) is 3. The van der Waals surface area contributed by atoms with Gasteiger partial charge in [-0.25, -0.2) is 4.79 Å². The molecule has 0 radical (unpaired) electrons. The first-order chi connectivity index (χ1) is 10.2. The lowest BCUT2D eigenvalue weighted by molar-refractivity contribution is -0.107. The molecule has 116 valence electrons. The molecule has 1 rings (SSSR count). The zero-order valence-electron chi connectivity index (χ0n) is 12.4. The third-order valence-corrected chi connectivity index (χ3v) is 3.34. The minimum atomic E-state index is -0.922. The summed E-state index contributed by atoms with van der Waals surface area (Å²) in [5.74, 6) is -0.205. The van der Waals surface area contributed by atoms with Gasteiger partial charge in [0.05, 0.1) is 12.2 Å². The van der Waals surface area contributed by atoms with Gasteiger partial charge in [0.25, 0.3) is 0 Å². The number of hydrogen-bond donors (Lipinski definition) is 1. The van der Waals surface area contributed by atoms with Crippen molar-refractivity contribution in [2.45, 2.75) is 51.4 Å². The molecule has 0 fully saturated rings. The van der Waals surface area contributed by atoms with Crippen molar-refractivity contribution in [2.75, 3.05) is 6.61 Å². The van der Waals surface area contributed by atoms with E-state index in [1.165, 1.54) is 19.3 Å². The van der Waals surface area contributed by atoms with E-state index in [1.54, 1.807) is 24.3 Å². The van der Waals surface area contributed by atoms with E-state index < -0.39 is 5.97 Å². The first kappa shape index (κ1) is 17.2. The second kappa shape index (κ2) is 10.9. The Labute approximate surface area is 126 Å². The molecular formula is C17H24O4. The molecule has 1 aromatic rings. The van der Waals surface area contributed by atoms with Gasteiger partial charge in [0.2, 0.25) is 0 Å². The van der Waals surface area contributed by atoms with E-state index in [0.717, 1.165) is 32.0 Å². The second-order valence-electron chi connectivity index (χ2n) is 5.11. The molecule has 0 spiro atoms. The summed E-state index contributed by atoms with van der Waals surface area (Å²) in [7, 11) is 0. The molecule has 0 aliphatic rings. The molecule has 0 saturated heterocycles. The Morgan fingerprint density at radius 2 is 1.52 bits per heavy atom. The molecular weight excluding hydrogens is 268 g/mol. The van der Waals surface area contributed by atoms with Crippen molar-refractivity contribution in [1.82, 2.24) is 0 Å². The van der Waals surface area contributed by atoms with Crippen LogP contribution >= 0.6 is 0 Å². The highest BCUT2D eigenvalue weighted by molar-refractivity contribution is 5.87. The minimum absolute atomic E-state index is 0.275. The molecule has 0 unspecified atom stereocenters. The highest BCUT2D eigenvalue weighted by atomic mass is 16.5. The van der Waals surface area contributed by atoms with Crippen LogP contribution in [-0.2, 0) is 4.79 Å². The largest absolute Gasteiger partial charge is 0.494 e. The Bertz CT molecular complexity index is 411. The van der Waals surface area contributed by atoms with Crippen LogP contribution in [0.4, 0.5) is 0 Å². The molecule has 1 N–H and O–H groups in total. The first-order valence-electron chi connectivity index (χ1n) is 7.64. The van der Waals surface area contributed by atoms with Crippen LogP contribution in [0.5, 0.6) is 5.75 Å². The summed E-state index contributed by atoms with van der Waals surface area (Å²) in [6.45, 7) is 0.664. The highest BCUT2D eigenvalue weighted by Gasteiger charge is 2.01. The summed E-state index contributed by atoms with van der Waals surface area (Å²) in [4.78, 5) is 20.8. The van der Waals surface area contributed by atoms with E-state index in [0.29, 0.717) is 18.8 Å². The lowest BCUT2D eigenvalue weighted by atomic mass is 10.1. The molecule has 0 atom stereocenters. The molecule has 21 heavy (non-hydrogen) atoms. The number of rotatable bonds is 12. The van der Waals surface area contributed by atoms with E-state index in [4.69, 9.17) is 9.84 Å². The number of carbonyl (C=O) groups is 2. The topological polar surface area (TPSA) is 63.6 Å². The highest BCUT2D eigenvalue weighted by Crippen LogP contribution is 2.13. The quantitative estimate of drug-likeness (QED) is 0.465. The van der Waals surface area contributed by atoms with Crippen LogP contribution in [-0.4, -0.2) is 24.0 Å². The third kappa shape index (κ3) is 8.12. The number of carbonyl (C=O) groups excluding carboxylic acids is 1. The van der Waals surface area contributed by atoms with Crippen molar-refractivity contribution in [1.29, 1.82) is 0 Å². The Morgan fingerprint density at radius 1 is 0.952 bits per heavy atom. The number of carboxylic acid groups (broad SMARTS) is 1. The predicted molar refractivity (Wildman–Crippen MR) is 81.9 cm³/mol. The first-order valence-corrected chi connectivity index (χ1v) is 7.64. The van der Waals surface area contributed by atoms with Gasteiger partial charge in [-0.05, 0) is 37.1 Å². The lowest BCUT2D eigenvalue weighted by Gasteiger charge is -2.06. The van der Waals surface area contributed by atoms with E-state index in [1.807, 2.05) is 0 Å². The van der Waals surface area contributed by atoms with Crippen LogP contribution in [0.1, 0.15) is 61.7 Å². The molecule has 4 heteroatoms. The van der Waals surface area contributed by atoms with Gasteiger partial charge in [-0.15, -0.1) is 0 Å². The van der Waals surface area contributed by atoms with Crippen molar-refractivity contribution < 1.29 is 19.4 Å². The fourth-order valence-electron chi connectivity index (χ4n) is 2.10. The SMILES string of the molecule is O=CCCCCCCCCCOc1ccc(C(=O)O)cc1. The summed E-state index contributed by atoms with van der Waals surface area (Å²) in [5.41, 5.74) is 0.275. The normalized spacial score (nSPS) is 10.3. The molecule has 0 aromatic heterocycles. The van der Waals surface area contributed by atoms with E-state index in [2.05, 4.69) is 0 Å². The molecule has 1 aromatic carbocycles. The summed E-state index contributed by atoms with van der Waals surface area (Å²) in [6, 6.07) is 6.49. The fourth-order valence-corrected chi connectivity index (χ4v) is 2.10. The molecule has 0 saturated carbocycles. The maximum atomic E-state index is 10.7. The van der Waals surface area contributed by atoms with Gasteiger partial charge in [-0.2, -0.15) is 0 Å². The standard InChI is InChI=1S/C17H24O4/c18-13-7-5-3-1-2-4-6-8-14-21-16-11-9-15(10-12-16)17(19)20/h9-13H,1-8,14H2,(H,19,20). The van der Waals surface area contributed by atoms with Gasteiger partial charge in [0.15, 0.2) is 0 Å². The summed E-state index contributed by atoms with van der Waals surface area (Å²) >= 11 is 0. The Morgan fingerprint density at radius 3 is 2.10 bits per heavy atom. The van der Waals surface area contributed by atoms with Crippen LogP contribution in [0.25, 0.3) is 0 Å². The van der Waals surface area contributed by atoms with Gasteiger partial charge < -0.3 is 14.6 Å². The number of aromatic carboxylic acids is 1. The van der Waals surface area contributed by atoms with Crippen LogP contribution in [0, 0.1) is 0 Å². The van der Waals surface area contributed by atoms with Crippen molar-refractivity contribution in [3.8, 4) is 5.75 Å². The molecule has 0 aliphatic heterocycles. The molecule has 0 aliphatic carbocycles. The molecule has 0 amide bonds. The van der Waals surface area contributed by atoms with Gasteiger partial charge in [0.1, 0.15) is 12.0 Å². The number of carboxylic acids is 1. The average Bonchev–Trinajstić information content (AvgIpc) is 2.49. The third-order valence-electron chi connectivity index (χ3n) is 3.34. The molecule has 0 heterocycles. The Balaban J connectivity index is 1.99. The number of aldehydes is 1. The smallest absolute Gasteiger partial charge is 0.335 e. The zero-order chi connectivity index (χ0) is 15.3. The molecule has 4 nitrogen and oxygen atoms in total. The van der Waals surface area contributed by atoms with E-state index >= 15 is 0 Å². The maximum Gasteiger partial charge on any atom is 0.335 e. The molecule has 0 bridgehead atoms. The van der Waals surface area contributed by atoms with Crippen LogP contribution in [0.3, 0.4) is 0 Å². The summed E-state index contributed by atoms with van der Waals surface area (Å²) < 4.78 is 5.57. The predicted octanol–water partition coefficient (Wildman–Crippen LogP) is 4.08. The average molecular weight is 292 g/mol. The van der Waals surface area contributed by atoms with Crippen molar-refractivity contribution in [3.05, 3.63) is 29.8 Å². The van der Waals surface area contributed by atoms with Crippen LogP contribution in [0.2, 0.25) is 0 Å². The monoisotopic (exact) mass is 292 g/mol. The van der Waals surface area contributed by atoms with Crippen molar-refractivity contribution >= 4 is 12.3 Å². The Kier molecular flexibility index (Phi) is 8.93. The minimum Gasteiger partial charge on any atom is -0.494 e.